The lowest BCUT2D eigenvalue weighted by molar-refractivity contribution is -0.0542. The minimum atomic E-state index is -3.12. The van der Waals surface area contributed by atoms with Gasteiger partial charge in [0.25, 0.3) is 11.8 Å². The number of urea groups is 1. The summed E-state index contributed by atoms with van der Waals surface area (Å²) < 4.78 is 69.6. The van der Waals surface area contributed by atoms with E-state index in [1.54, 1.807) is 19.2 Å². The molecule has 3 amide bonds. The number of nitrogens with two attached hydrogens (primary N) is 1. The lowest BCUT2D eigenvalue weighted by Crippen LogP contribution is -2.58. The minimum Gasteiger partial charge on any atom is -0.376 e. The molecule has 2 aliphatic carbocycles. The second-order valence-corrected chi connectivity index (χ2v) is 11.5. The molecule has 3 N–H and O–H groups in total. The largest absolute Gasteiger partial charge is 0.376 e. The Balaban J connectivity index is 1.38. The summed E-state index contributed by atoms with van der Waals surface area (Å²) in [4.78, 5) is 30.7. The van der Waals surface area contributed by atoms with Gasteiger partial charge in [0.15, 0.2) is 11.4 Å². The van der Waals surface area contributed by atoms with Crippen molar-refractivity contribution in [3.63, 3.8) is 0 Å². The monoisotopic (exact) mass is 593 g/mol. The van der Waals surface area contributed by atoms with Crippen molar-refractivity contribution in [1.29, 1.82) is 0 Å². The van der Waals surface area contributed by atoms with Crippen LogP contribution in [0.25, 0.3) is 5.65 Å². The first-order chi connectivity index (χ1) is 19.9. The first kappa shape index (κ1) is 28.4. The smallest absolute Gasteiger partial charge is 0.318 e. The van der Waals surface area contributed by atoms with Crippen LogP contribution in [0.5, 0.6) is 0 Å². The number of alkyl halides is 4. The molecule has 3 fully saturated rings. The molecule has 15 heteroatoms. The van der Waals surface area contributed by atoms with Crippen LogP contribution in [0.2, 0.25) is 0 Å². The molecule has 1 saturated heterocycles. The topological polar surface area (TPSA) is 141 Å². The fraction of sp³-hybridized carbons (Fsp3) is 0.593. The van der Waals surface area contributed by atoms with E-state index in [1.807, 2.05) is 0 Å². The highest BCUT2D eigenvalue weighted by Crippen LogP contribution is 2.46. The van der Waals surface area contributed by atoms with E-state index in [1.165, 1.54) is 10.7 Å². The molecule has 11 nitrogen and oxygen atoms in total. The first-order valence-electron chi connectivity index (χ1n) is 13.9. The Bertz CT molecular complexity index is 1490. The van der Waals surface area contributed by atoms with Gasteiger partial charge >= 0.3 is 6.03 Å². The third kappa shape index (κ3) is 5.65. The van der Waals surface area contributed by atoms with Crippen molar-refractivity contribution in [2.45, 2.75) is 75.4 Å². The molecule has 0 spiro atoms. The Morgan fingerprint density at radius 2 is 1.95 bits per heavy atom. The van der Waals surface area contributed by atoms with Crippen LogP contribution in [0.3, 0.4) is 0 Å². The highest BCUT2D eigenvalue weighted by Gasteiger charge is 2.44. The number of nitrogens with zero attached hydrogens (tertiary/aromatic N) is 5. The molecule has 4 heterocycles. The number of amides is 3. The van der Waals surface area contributed by atoms with E-state index in [2.05, 4.69) is 15.6 Å². The summed E-state index contributed by atoms with van der Waals surface area (Å²) in [5, 5.41) is 10.6. The Kier molecular flexibility index (Phi) is 7.10. The minimum absolute atomic E-state index is 0.00217. The Labute approximate surface area is 237 Å². The average molecular weight is 594 g/mol. The molecule has 6 rings (SSSR count). The van der Waals surface area contributed by atoms with Gasteiger partial charge < -0.3 is 25.2 Å². The normalized spacial score (nSPS) is 22.2. The fourth-order valence-corrected chi connectivity index (χ4v) is 5.89. The molecule has 0 radical (unpaired) electrons. The predicted molar refractivity (Wildman–Crippen MR) is 138 cm³/mol. The zero-order valence-corrected chi connectivity index (χ0v) is 22.9. The lowest BCUT2D eigenvalue weighted by Gasteiger charge is -2.38. The van der Waals surface area contributed by atoms with E-state index in [0.717, 1.165) is 17.7 Å². The number of rotatable bonds is 9. The van der Waals surface area contributed by atoms with Crippen molar-refractivity contribution in [1.82, 2.24) is 30.0 Å². The Morgan fingerprint density at radius 1 is 1.21 bits per heavy atom. The van der Waals surface area contributed by atoms with Crippen LogP contribution in [0, 0.1) is 12.8 Å². The summed E-state index contributed by atoms with van der Waals surface area (Å²) in [5.74, 6) is -7.57. The molecule has 3 aliphatic rings. The molecule has 226 valence electrons. The standard InChI is InChI=1S/C27H31F4N7O4/c1-14-21(24(32)39)23(42-36-14)22(15-4-6-26(28,29)7-5-15)18-10-38-20(35-18)8-16(9-34-38)19(11-41-17-2-3-17)37-13-27(30,31)12-33-25(37)40/h8-10,15,17,19,22H,2-7,11-13H2,1H3,(H2,32,39)(H,33,40)/t19-,22+/m1/s1. The zero-order valence-electron chi connectivity index (χ0n) is 22.9. The van der Waals surface area contributed by atoms with E-state index in [9.17, 15) is 27.2 Å². The lowest BCUT2D eigenvalue weighted by atomic mass is 9.75. The van der Waals surface area contributed by atoms with E-state index >= 15 is 0 Å². The van der Waals surface area contributed by atoms with E-state index in [-0.39, 0.29) is 61.3 Å². The molecule has 3 aromatic rings. The third-order valence-electron chi connectivity index (χ3n) is 8.27. The number of carbonyl (C=O) groups excluding carboxylic acids is 2. The molecule has 0 aromatic carbocycles. The molecule has 2 atom stereocenters. The fourth-order valence-electron chi connectivity index (χ4n) is 5.89. The molecular weight excluding hydrogens is 562 g/mol. The Morgan fingerprint density at radius 3 is 2.64 bits per heavy atom. The highest BCUT2D eigenvalue weighted by atomic mass is 19.3. The maximum absolute atomic E-state index is 14.3. The summed E-state index contributed by atoms with van der Waals surface area (Å²) >= 11 is 0. The zero-order chi connectivity index (χ0) is 29.8. The second kappa shape index (κ2) is 10.5. The van der Waals surface area contributed by atoms with Gasteiger partial charge in [0.1, 0.15) is 5.56 Å². The molecule has 3 aromatic heterocycles. The number of ether oxygens (including phenoxy) is 1. The van der Waals surface area contributed by atoms with Gasteiger partial charge in [-0.2, -0.15) is 5.10 Å². The van der Waals surface area contributed by atoms with Crippen LogP contribution in [0.1, 0.15) is 83.6 Å². The van der Waals surface area contributed by atoms with Gasteiger partial charge in [0.2, 0.25) is 5.92 Å². The van der Waals surface area contributed by atoms with Gasteiger partial charge in [-0.1, -0.05) is 5.16 Å². The van der Waals surface area contributed by atoms with Crippen molar-refractivity contribution in [2.24, 2.45) is 11.7 Å². The SMILES string of the molecule is Cc1noc([C@H](c2cn3ncc([C@@H](COC4CC4)N4CC(F)(F)CNC4=O)cc3n2)C2CCC(F)(F)CC2)c1C(N)=O. The van der Waals surface area contributed by atoms with Crippen molar-refractivity contribution in [2.75, 3.05) is 19.7 Å². The number of aryl methyl sites for hydroxylation is 1. The van der Waals surface area contributed by atoms with Gasteiger partial charge in [-0.25, -0.2) is 31.9 Å². The number of imidazole rings is 1. The van der Waals surface area contributed by atoms with Crippen molar-refractivity contribution in [3.8, 4) is 0 Å². The molecule has 2 saturated carbocycles. The molecule has 42 heavy (non-hydrogen) atoms. The first-order valence-corrected chi connectivity index (χ1v) is 13.9. The number of halogens is 4. The molecular formula is C27H31F4N7O4. The number of hydrogen-bond acceptors (Lipinski definition) is 7. The van der Waals surface area contributed by atoms with Crippen LogP contribution in [0.15, 0.2) is 23.0 Å². The van der Waals surface area contributed by atoms with E-state index in [4.69, 9.17) is 20.0 Å². The van der Waals surface area contributed by atoms with Crippen LogP contribution < -0.4 is 11.1 Å². The molecule has 1 aliphatic heterocycles. The molecule has 0 bridgehead atoms. The summed E-state index contributed by atoms with van der Waals surface area (Å²) in [7, 11) is 0. The van der Waals surface area contributed by atoms with E-state index in [0.29, 0.717) is 16.9 Å². The average Bonchev–Trinajstić information content (AvgIpc) is 3.54. The summed E-state index contributed by atoms with van der Waals surface area (Å²) in [6, 6.07) is 0.136. The van der Waals surface area contributed by atoms with Gasteiger partial charge in [0, 0.05) is 18.4 Å². The summed E-state index contributed by atoms with van der Waals surface area (Å²) in [6.45, 7) is 0.0401. The quantitative estimate of drug-likeness (QED) is 0.358. The van der Waals surface area contributed by atoms with Gasteiger partial charge in [-0.3, -0.25) is 4.79 Å². The van der Waals surface area contributed by atoms with Crippen LogP contribution in [0.4, 0.5) is 22.4 Å². The van der Waals surface area contributed by atoms with Crippen LogP contribution >= 0.6 is 0 Å². The number of fused-ring (bicyclic) bond motifs is 1. The van der Waals surface area contributed by atoms with E-state index < -0.39 is 48.8 Å². The summed E-state index contributed by atoms with van der Waals surface area (Å²) in [5.41, 5.74) is 7.16. The Hall–Kier alpha value is -3.75. The predicted octanol–water partition coefficient (Wildman–Crippen LogP) is 3.96. The summed E-state index contributed by atoms with van der Waals surface area (Å²) in [6.07, 6.45) is 4.46. The van der Waals surface area contributed by atoms with Crippen molar-refractivity contribution < 1.29 is 36.4 Å². The van der Waals surface area contributed by atoms with Gasteiger partial charge in [0.05, 0.1) is 61.5 Å². The number of primary amides is 1. The number of carbonyl (C=O) groups is 2. The van der Waals surface area contributed by atoms with Crippen LogP contribution in [-0.4, -0.2) is 74.2 Å². The maximum Gasteiger partial charge on any atom is 0.318 e. The third-order valence-corrected chi connectivity index (χ3v) is 8.27. The maximum atomic E-state index is 14.3. The number of hydrogen-bond donors (Lipinski definition) is 2. The number of nitrogens with one attached hydrogen (secondary N) is 1. The molecule has 0 unspecified atom stereocenters. The highest BCUT2D eigenvalue weighted by molar-refractivity contribution is 5.95. The van der Waals surface area contributed by atoms with Gasteiger partial charge in [-0.15, -0.1) is 0 Å². The van der Waals surface area contributed by atoms with Crippen molar-refractivity contribution >= 4 is 17.6 Å². The van der Waals surface area contributed by atoms with Gasteiger partial charge in [-0.05, 0) is 44.6 Å². The number of aromatic nitrogens is 4. The van der Waals surface area contributed by atoms with Crippen LogP contribution in [-0.2, 0) is 4.74 Å². The second-order valence-electron chi connectivity index (χ2n) is 11.5. The van der Waals surface area contributed by atoms with Crippen molar-refractivity contribution in [3.05, 3.63) is 46.7 Å².